The van der Waals surface area contributed by atoms with Crippen molar-refractivity contribution in [3.05, 3.63) is 65.5 Å². The zero-order chi connectivity index (χ0) is 22.7. The van der Waals surface area contributed by atoms with Crippen molar-refractivity contribution >= 4 is 5.95 Å². The Bertz CT molecular complexity index is 1050. The highest BCUT2D eigenvalue weighted by Gasteiger charge is 2.30. The van der Waals surface area contributed by atoms with E-state index < -0.39 is 11.7 Å². The molecule has 1 aromatic carbocycles. The van der Waals surface area contributed by atoms with Gasteiger partial charge in [-0.2, -0.15) is 13.2 Å². The van der Waals surface area contributed by atoms with Crippen molar-refractivity contribution < 1.29 is 13.2 Å². The third-order valence-electron chi connectivity index (χ3n) is 5.73. The molecule has 3 heterocycles. The van der Waals surface area contributed by atoms with E-state index in [9.17, 15) is 13.2 Å². The smallest absolute Gasteiger partial charge is 0.368 e. The van der Waals surface area contributed by atoms with Crippen molar-refractivity contribution in [2.24, 2.45) is 0 Å². The van der Waals surface area contributed by atoms with Crippen LogP contribution < -0.4 is 5.73 Å². The maximum atomic E-state index is 13.0. The lowest BCUT2D eigenvalue weighted by Crippen LogP contribution is -2.34. The summed E-state index contributed by atoms with van der Waals surface area (Å²) in [5, 5.41) is 0. The van der Waals surface area contributed by atoms with E-state index >= 15 is 0 Å². The van der Waals surface area contributed by atoms with Gasteiger partial charge in [0.15, 0.2) is 0 Å². The standard InChI is InChI=1S/C23H25F3N6/c1-2-20-28-10-15(11-29-20)13-32-9-3-4-17(14-32)21-19(12-30-22(27)31-21)16-5-7-18(8-6-16)23(24,25)26/h5-8,10-12,17H,2-4,9,13-14H2,1H3,(H2,27,30,31). The fraction of sp³-hybridized carbons (Fsp3) is 0.391. The van der Waals surface area contributed by atoms with Gasteiger partial charge in [-0.1, -0.05) is 19.1 Å². The lowest BCUT2D eigenvalue weighted by Gasteiger charge is -2.33. The van der Waals surface area contributed by atoms with Gasteiger partial charge in [0, 0.05) is 55.1 Å². The highest BCUT2D eigenvalue weighted by molar-refractivity contribution is 5.66. The van der Waals surface area contributed by atoms with E-state index in [1.807, 2.05) is 19.3 Å². The van der Waals surface area contributed by atoms with Crippen molar-refractivity contribution in [3.8, 4) is 11.1 Å². The Kier molecular flexibility index (Phi) is 6.36. The van der Waals surface area contributed by atoms with Crippen molar-refractivity contribution in [2.75, 3.05) is 18.8 Å². The number of anilines is 1. The number of alkyl halides is 3. The number of hydrogen-bond acceptors (Lipinski definition) is 6. The van der Waals surface area contributed by atoms with Crippen LogP contribution in [0.1, 0.15) is 48.3 Å². The normalized spacial score (nSPS) is 17.4. The van der Waals surface area contributed by atoms with E-state index in [4.69, 9.17) is 5.73 Å². The average Bonchev–Trinajstić information content (AvgIpc) is 2.79. The molecule has 0 bridgehead atoms. The monoisotopic (exact) mass is 442 g/mol. The largest absolute Gasteiger partial charge is 0.416 e. The molecule has 1 atom stereocenters. The summed E-state index contributed by atoms with van der Waals surface area (Å²) in [6.07, 6.45) is 3.67. The van der Waals surface area contributed by atoms with Crippen LogP contribution >= 0.6 is 0 Å². The number of benzene rings is 1. The first-order valence-corrected chi connectivity index (χ1v) is 10.7. The lowest BCUT2D eigenvalue weighted by atomic mass is 9.89. The molecule has 3 aromatic rings. The Balaban J connectivity index is 1.56. The van der Waals surface area contributed by atoms with E-state index in [0.717, 1.165) is 73.7 Å². The van der Waals surface area contributed by atoms with Crippen LogP contribution in [-0.2, 0) is 19.1 Å². The summed E-state index contributed by atoms with van der Waals surface area (Å²) in [4.78, 5) is 19.7. The Morgan fingerprint density at radius 1 is 1.06 bits per heavy atom. The van der Waals surface area contributed by atoms with E-state index in [1.165, 1.54) is 12.1 Å². The first kappa shape index (κ1) is 22.1. The number of aryl methyl sites for hydroxylation is 1. The zero-order valence-corrected chi connectivity index (χ0v) is 17.8. The summed E-state index contributed by atoms with van der Waals surface area (Å²) in [5.41, 5.74) is 8.39. The van der Waals surface area contributed by atoms with Gasteiger partial charge in [0.1, 0.15) is 5.82 Å². The quantitative estimate of drug-likeness (QED) is 0.628. The predicted molar refractivity (Wildman–Crippen MR) is 116 cm³/mol. The fourth-order valence-electron chi connectivity index (χ4n) is 4.11. The Labute approximate surface area is 184 Å². The molecule has 0 aliphatic carbocycles. The van der Waals surface area contributed by atoms with Crippen LogP contribution in [0.15, 0.2) is 42.9 Å². The third-order valence-corrected chi connectivity index (χ3v) is 5.73. The molecule has 4 rings (SSSR count). The first-order chi connectivity index (χ1) is 15.3. The van der Waals surface area contributed by atoms with Gasteiger partial charge in [-0.25, -0.2) is 19.9 Å². The number of rotatable bonds is 5. The molecule has 1 unspecified atom stereocenters. The second-order valence-corrected chi connectivity index (χ2v) is 8.04. The van der Waals surface area contributed by atoms with E-state index in [0.29, 0.717) is 5.56 Å². The number of hydrogen-bond donors (Lipinski definition) is 1. The minimum absolute atomic E-state index is 0.0992. The second-order valence-electron chi connectivity index (χ2n) is 8.04. The molecule has 0 spiro atoms. The van der Waals surface area contributed by atoms with Gasteiger partial charge in [-0.3, -0.25) is 4.90 Å². The number of piperidine rings is 1. The van der Waals surface area contributed by atoms with Crippen molar-refractivity contribution in [1.29, 1.82) is 0 Å². The van der Waals surface area contributed by atoms with Crippen molar-refractivity contribution in [2.45, 2.75) is 44.8 Å². The van der Waals surface area contributed by atoms with Crippen LogP contribution in [0.5, 0.6) is 0 Å². The minimum atomic E-state index is -4.37. The summed E-state index contributed by atoms with van der Waals surface area (Å²) >= 11 is 0. The molecule has 6 nitrogen and oxygen atoms in total. The summed E-state index contributed by atoms with van der Waals surface area (Å²) in [5.74, 6) is 1.08. The van der Waals surface area contributed by atoms with Gasteiger partial charge in [0.25, 0.3) is 0 Å². The fourth-order valence-corrected chi connectivity index (χ4v) is 4.11. The number of likely N-dealkylation sites (tertiary alicyclic amines) is 1. The van der Waals surface area contributed by atoms with Crippen molar-refractivity contribution in [3.63, 3.8) is 0 Å². The molecule has 1 aliphatic heterocycles. The predicted octanol–water partition coefficient (Wildman–Crippen LogP) is 4.48. The van der Waals surface area contributed by atoms with Crippen LogP contribution in [-0.4, -0.2) is 37.9 Å². The topological polar surface area (TPSA) is 80.8 Å². The lowest BCUT2D eigenvalue weighted by molar-refractivity contribution is -0.137. The summed E-state index contributed by atoms with van der Waals surface area (Å²) in [7, 11) is 0. The SMILES string of the molecule is CCc1ncc(CN2CCCC(c3nc(N)ncc3-c3ccc(C(F)(F)F)cc3)C2)cn1. The van der Waals surface area contributed by atoms with Crippen LogP contribution in [0.2, 0.25) is 0 Å². The number of nitrogen functional groups attached to an aromatic ring is 1. The molecule has 0 amide bonds. The molecule has 2 aromatic heterocycles. The van der Waals surface area contributed by atoms with Crippen LogP contribution in [0.25, 0.3) is 11.1 Å². The van der Waals surface area contributed by atoms with Gasteiger partial charge >= 0.3 is 6.18 Å². The molecule has 32 heavy (non-hydrogen) atoms. The van der Waals surface area contributed by atoms with Crippen LogP contribution in [0.3, 0.4) is 0 Å². The summed E-state index contributed by atoms with van der Waals surface area (Å²) < 4.78 is 38.9. The zero-order valence-electron chi connectivity index (χ0n) is 17.8. The first-order valence-electron chi connectivity index (χ1n) is 10.7. The van der Waals surface area contributed by atoms with E-state index in [2.05, 4.69) is 24.8 Å². The Morgan fingerprint density at radius 2 is 1.78 bits per heavy atom. The molecule has 168 valence electrons. The molecule has 1 fully saturated rings. The van der Waals surface area contributed by atoms with E-state index in [1.54, 1.807) is 6.20 Å². The number of nitrogens with two attached hydrogens (primary N) is 1. The van der Waals surface area contributed by atoms with Gasteiger partial charge in [0.05, 0.1) is 11.3 Å². The highest BCUT2D eigenvalue weighted by Crippen LogP contribution is 2.35. The van der Waals surface area contributed by atoms with Crippen LogP contribution in [0.4, 0.5) is 19.1 Å². The Hall–Kier alpha value is -3.07. The average molecular weight is 442 g/mol. The Morgan fingerprint density at radius 3 is 2.44 bits per heavy atom. The summed E-state index contributed by atoms with van der Waals surface area (Å²) in [6.45, 7) is 4.46. The van der Waals surface area contributed by atoms with Gasteiger partial charge in [0.2, 0.25) is 5.95 Å². The molecule has 1 saturated heterocycles. The maximum absolute atomic E-state index is 13.0. The molecule has 1 aliphatic rings. The van der Waals surface area contributed by atoms with Crippen LogP contribution in [0, 0.1) is 0 Å². The van der Waals surface area contributed by atoms with Gasteiger partial charge in [-0.05, 0) is 37.1 Å². The molecule has 9 heteroatoms. The second kappa shape index (κ2) is 9.20. The minimum Gasteiger partial charge on any atom is -0.368 e. The van der Waals surface area contributed by atoms with Crippen molar-refractivity contribution in [1.82, 2.24) is 24.8 Å². The van der Waals surface area contributed by atoms with E-state index in [-0.39, 0.29) is 11.9 Å². The number of nitrogens with zero attached hydrogens (tertiary/aromatic N) is 5. The molecule has 2 N–H and O–H groups in total. The molecular formula is C23H25F3N6. The van der Waals surface area contributed by atoms with Gasteiger partial charge < -0.3 is 5.73 Å². The molecule has 0 saturated carbocycles. The maximum Gasteiger partial charge on any atom is 0.416 e. The molecular weight excluding hydrogens is 417 g/mol. The molecule has 0 radical (unpaired) electrons. The van der Waals surface area contributed by atoms with Gasteiger partial charge in [-0.15, -0.1) is 0 Å². The summed E-state index contributed by atoms with van der Waals surface area (Å²) in [6, 6.07) is 5.11. The number of aromatic nitrogens is 4. The number of halogens is 3. The highest BCUT2D eigenvalue weighted by atomic mass is 19.4. The third kappa shape index (κ3) is 5.04.